The summed E-state index contributed by atoms with van der Waals surface area (Å²) in [5.41, 5.74) is 3.29. The molecule has 0 N–H and O–H groups in total. The van der Waals surface area contributed by atoms with E-state index in [2.05, 4.69) is 18.2 Å². The van der Waals surface area contributed by atoms with Crippen LogP contribution in [0.25, 0.3) is 5.57 Å². The van der Waals surface area contributed by atoms with Crippen LogP contribution in [0.5, 0.6) is 0 Å². The first-order chi connectivity index (χ1) is 12.2. The lowest BCUT2D eigenvalue weighted by molar-refractivity contribution is -0.148. The van der Waals surface area contributed by atoms with Crippen molar-refractivity contribution in [3.05, 3.63) is 41.5 Å². The zero-order chi connectivity index (χ0) is 17.6. The van der Waals surface area contributed by atoms with Crippen molar-refractivity contribution in [1.29, 1.82) is 0 Å². The molecule has 0 aromatic heterocycles. The summed E-state index contributed by atoms with van der Waals surface area (Å²) in [6.07, 6.45) is 10.4. The van der Waals surface area contributed by atoms with E-state index in [4.69, 9.17) is 4.74 Å². The number of benzene rings is 1. The van der Waals surface area contributed by atoms with Crippen LogP contribution in [0.2, 0.25) is 0 Å². The summed E-state index contributed by atoms with van der Waals surface area (Å²) >= 11 is 0. The molecule has 134 valence electrons. The van der Waals surface area contributed by atoms with Gasteiger partial charge >= 0.3 is 5.97 Å². The van der Waals surface area contributed by atoms with Gasteiger partial charge in [0.1, 0.15) is 0 Å². The second-order valence-corrected chi connectivity index (χ2v) is 7.23. The van der Waals surface area contributed by atoms with Crippen molar-refractivity contribution < 1.29 is 14.3 Å². The van der Waals surface area contributed by atoms with E-state index in [1.165, 1.54) is 30.4 Å². The Morgan fingerprint density at radius 3 is 2.32 bits per heavy atom. The van der Waals surface area contributed by atoms with E-state index in [9.17, 15) is 9.59 Å². The van der Waals surface area contributed by atoms with Crippen molar-refractivity contribution in [3.8, 4) is 0 Å². The molecule has 0 radical (unpaired) electrons. The molecule has 1 unspecified atom stereocenters. The molecule has 1 aromatic carbocycles. The third kappa shape index (κ3) is 4.39. The minimum atomic E-state index is -0.0776. The Morgan fingerprint density at radius 1 is 1.00 bits per heavy atom. The van der Waals surface area contributed by atoms with E-state index in [0.29, 0.717) is 12.4 Å². The molecule has 0 spiro atoms. The molecule has 0 saturated heterocycles. The fourth-order valence-electron chi connectivity index (χ4n) is 4.02. The third-order valence-corrected chi connectivity index (χ3v) is 5.55. The highest BCUT2D eigenvalue weighted by molar-refractivity contribution is 5.98. The molecule has 1 aromatic rings. The molecular weight excluding hydrogens is 312 g/mol. The Kier molecular flexibility index (Phi) is 6.06. The molecule has 0 heterocycles. The predicted octanol–water partition coefficient (Wildman–Crippen LogP) is 5.20. The van der Waals surface area contributed by atoms with Crippen LogP contribution in [-0.2, 0) is 9.53 Å². The van der Waals surface area contributed by atoms with Gasteiger partial charge in [-0.1, -0.05) is 49.6 Å². The molecule has 1 fully saturated rings. The molecule has 2 aliphatic rings. The van der Waals surface area contributed by atoms with E-state index < -0.39 is 0 Å². The van der Waals surface area contributed by atoms with Crippen molar-refractivity contribution in [2.24, 2.45) is 11.8 Å². The number of hydrogen-bond acceptors (Lipinski definition) is 3. The van der Waals surface area contributed by atoms with E-state index in [1.54, 1.807) is 0 Å². The smallest absolute Gasteiger partial charge is 0.309 e. The number of hydrogen-bond donors (Lipinski definition) is 0. The first-order valence-corrected chi connectivity index (χ1v) is 9.69. The zero-order valence-corrected chi connectivity index (χ0v) is 15.1. The lowest BCUT2D eigenvalue weighted by Gasteiger charge is -2.22. The molecule has 2 aliphatic carbocycles. The van der Waals surface area contributed by atoms with Gasteiger partial charge in [-0.2, -0.15) is 0 Å². The first-order valence-electron chi connectivity index (χ1n) is 9.69. The van der Waals surface area contributed by atoms with Crippen LogP contribution in [0.3, 0.4) is 0 Å². The number of allylic oxidation sites excluding steroid dienone is 2. The molecule has 25 heavy (non-hydrogen) atoms. The summed E-state index contributed by atoms with van der Waals surface area (Å²) in [7, 11) is 0. The van der Waals surface area contributed by atoms with E-state index in [1.807, 2.05) is 19.1 Å². The van der Waals surface area contributed by atoms with Crippen LogP contribution in [-0.4, -0.2) is 18.4 Å². The van der Waals surface area contributed by atoms with Gasteiger partial charge in [0.25, 0.3) is 0 Å². The second kappa shape index (κ2) is 8.46. The van der Waals surface area contributed by atoms with Gasteiger partial charge in [0.2, 0.25) is 0 Å². The van der Waals surface area contributed by atoms with Crippen LogP contribution in [0.4, 0.5) is 0 Å². The van der Waals surface area contributed by atoms with Crippen LogP contribution in [0, 0.1) is 11.8 Å². The molecule has 1 saturated carbocycles. The van der Waals surface area contributed by atoms with Crippen molar-refractivity contribution in [2.45, 2.75) is 58.3 Å². The van der Waals surface area contributed by atoms with Crippen LogP contribution in [0.15, 0.2) is 30.3 Å². The van der Waals surface area contributed by atoms with Crippen molar-refractivity contribution in [3.63, 3.8) is 0 Å². The van der Waals surface area contributed by atoms with Gasteiger partial charge in [-0.15, -0.1) is 0 Å². The average molecular weight is 340 g/mol. The summed E-state index contributed by atoms with van der Waals surface area (Å²) in [6.45, 7) is 2.29. The standard InChI is InChI=1S/C22H28O3/c1-2-25-22(24)20-14-10-17(11-15-20)16-8-12-19(13-9-16)21(23)18-6-4-3-5-7-18/h8-10,12-13,18,20H,2-7,11,14-15H2,1H3. The Hall–Kier alpha value is -1.90. The number of carbonyl (C=O) groups is 2. The first kappa shape index (κ1) is 17.9. The molecule has 0 bridgehead atoms. The van der Waals surface area contributed by atoms with Crippen molar-refractivity contribution in [1.82, 2.24) is 0 Å². The second-order valence-electron chi connectivity index (χ2n) is 7.23. The van der Waals surface area contributed by atoms with Crippen molar-refractivity contribution in [2.75, 3.05) is 6.61 Å². The topological polar surface area (TPSA) is 43.4 Å². The molecule has 3 heteroatoms. The van der Waals surface area contributed by atoms with E-state index in [-0.39, 0.29) is 17.8 Å². The van der Waals surface area contributed by atoms with Crippen LogP contribution < -0.4 is 0 Å². The summed E-state index contributed by atoms with van der Waals surface area (Å²) in [4.78, 5) is 24.4. The number of esters is 1. The third-order valence-electron chi connectivity index (χ3n) is 5.55. The molecule has 3 nitrogen and oxygen atoms in total. The van der Waals surface area contributed by atoms with E-state index in [0.717, 1.165) is 37.7 Å². The predicted molar refractivity (Wildman–Crippen MR) is 99.3 cm³/mol. The Balaban J connectivity index is 1.62. The lowest BCUT2D eigenvalue weighted by atomic mass is 9.83. The van der Waals surface area contributed by atoms with E-state index >= 15 is 0 Å². The van der Waals surface area contributed by atoms with Crippen LogP contribution >= 0.6 is 0 Å². The van der Waals surface area contributed by atoms with Gasteiger partial charge in [0.05, 0.1) is 12.5 Å². The Bertz CT molecular complexity index is 636. The molecule has 3 rings (SSSR count). The van der Waals surface area contributed by atoms with Crippen LogP contribution in [0.1, 0.15) is 74.2 Å². The number of rotatable bonds is 5. The minimum Gasteiger partial charge on any atom is -0.466 e. The normalized spacial score (nSPS) is 21.5. The summed E-state index contributed by atoms with van der Waals surface area (Å²) in [6, 6.07) is 8.08. The maximum atomic E-state index is 12.6. The molecule has 0 amide bonds. The van der Waals surface area contributed by atoms with Crippen molar-refractivity contribution >= 4 is 17.3 Å². The highest BCUT2D eigenvalue weighted by Gasteiger charge is 2.24. The number of carbonyl (C=O) groups excluding carboxylic acids is 2. The van der Waals surface area contributed by atoms with Gasteiger partial charge in [-0.05, 0) is 50.2 Å². The van der Waals surface area contributed by atoms with Gasteiger partial charge < -0.3 is 4.74 Å². The fraction of sp³-hybridized carbons (Fsp3) is 0.545. The van der Waals surface area contributed by atoms with Gasteiger partial charge in [-0.25, -0.2) is 0 Å². The Morgan fingerprint density at radius 2 is 1.72 bits per heavy atom. The average Bonchev–Trinajstić information content (AvgIpc) is 2.68. The maximum Gasteiger partial charge on any atom is 0.309 e. The molecular formula is C22H28O3. The summed E-state index contributed by atoms with van der Waals surface area (Å²) in [5.74, 6) is 0.451. The SMILES string of the molecule is CCOC(=O)C1CC=C(c2ccc(C(=O)C3CCCCC3)cc2)CC1. The molecule has 1 atom stereocenters. The fourth-order valence-corrected chi connectivity index (χ4v) is 4.02. The monoisotopic (exact) mass is 340 g/mol. The quantitative estimate of drug-likeness (QED) is 0.547. The zero-order valence-electron chi connectivity index (χ0n) is 15.1. The number of ketones is 1. The Labute approximate surface area is 150 Å². The van der Waals surface area contributed by atoms with Gasteiger partial charge in [0, 0.05) is 11.5 Å². The maximum absolute atomic E-state index is 12.6. The minimum absolute atomic E-state index is 0.00384. The number of Topliss-reactive ketones (excluding diaryl/α,β-unsaturated/α-hetero) is 1. The highest BCUT2D eigenvalue weighted by Crippen LogP contribution is 2.32. The largest absolute Gasteiger partial charge is 0.466 e. The summed E-state index contributed by atoms with van der Waals surface area (Å²) in [5, 5.41) is 0. The summed E-state index contributed by atoms with van der Waals surface area (Å²) < 4.78 is 5.12. The van der Waals surface area contributed by atoms with Gasteiger partial charge in [0.15, 0.2) is 5.78 Å². The molecule has 0 aliphatic heterocycles. The highest BCUT2D eigenvalue weighted by atomic mass is 16.5. The number of ether oxygens (including phenoxy) is 1. The van der Waals surface area contributed by atoms with Gasteiger partial charge in [-0.3, -0.25) is 9.59 Å². The lowest BCUT2D eigenvalue weighted by Crippen LogP contribution is -2.19.